The van der Waals surface area contributed by atoms with Gasteiger partial charge in [0.2, 0.25) is 0 Å². The summed E-state index contributed by atoms with van der Waals surface area (Å²) < 4.78 is 68.7. The summed E-state index contributed by atoms with van der Waals surface area (Å²) in [6.07, 6.45) is 67.3. The molecular formula is C81H154O17P2. The zero-order valence-electron chi connectivity index (χ0n) is 64.8. The fourth-order valence-corrected chi connectivity index (χ4v) is 13.6. The van der Waals surface area contributed by atoms with Crippen LogP contribution >= 0.6 is 15.6 Å². The fraction of sp³-hybridized carbons (Fsp3) is 0.901. The lowest BCUT2D eigenvalue weighted by molar-refractivity contribution is -0.161. The molecule has 19 heteroatoms. The number of hydrogen-bond acceptors (Lipinski definition) is 15. The second-order valence-electron chi connectivity index (χ2n) is 29.0. The Morgan fingerprint density at radius 2 is 0.540 bits per heavy atom. The van der Waals surface area contributed by atoms with Crippen molar-refractivity contribution < 1.29 is 80.2 Å². The molecule has 0 saturated heterocycles. The number of allylic oxidation sites excluding steroid dienone is 4. The second kappa shape index (κ2) is 73.4. The van der Waals surface area contributed by atoms with Crippen molar-refractivity contribution in [2.24, 2.45) is 5.92 Å². The summed E-state index contributed by atoms with van der Waals surface area (Å²) in [7, 11) is -9.93. The lowest BCUT2D eigenvalue weighted by Gasteiger charge is -2.21. The van der Waals surface area contributed by atoms with Gasteiger partial charge in [-0.1, -0.05) is 354 Å². The highest BCUT2D eigenvalue weighted by Gasteiger charge is 2.30. The highest BCUT2D eigenvalue weighted by atomic mass is 31.2. The van der Waals surface area contributed by atoms with Crippen molar-refractivity contribution in [3.8, 4) is 0 Å². The summed E-state index contributed by atoms with van der Waals surface area (Å²) in [5.74, 6) is -1.33. The number of carbonyl (C=O) groups excluding carboxylic acids is 4. The summed E-state index contributed by atoms with van der Waals surface area (Å²) >= 11 is 0. The first-order chi connectivity index (χ1) is 48.5. The third-order valence-corrected chi connectivity index (χ3v) is 20.3. The Labute approximate surface area is 612 Å². The Bertz CT molecular complexity index is 2000. The maximum absolute atomic E-state index is 13.1. The van der Waals surface area contributed by atoms with Crippen molar-refractivity contribution in [3.05, 3.63) is 24.3 Å². The number of aliphatic hydroxyl groups is 1. The van der Waals surface area contributed by atoms with E-state index in [1.54, 1.807) is 0 Å². The van der Waals surface area contributed by atoms with Crippen LogP contribution < -0.4 is 0 Å². The Hall–Kier alpha value is -2.46. The van der Waals surface area contributed by atoms with E-state index in [2.05, 4.69) is 58.9 Å². The van der Waals surface area contributed by atoms with E-state index in [9.17, 15) is 43.2 Å². The predicted octanol–water partition coefficient (Wildman–Crippen LogP) is 24.0. The quantitative estimate of drug-likeness (QED) is 0.0169. The van der Waals surface area contributed by atoms with E-state index in [0.29, 0.717) is 25.7 Å². The minimum atomic E-state index is -4.97. The SMILES string of the molecule is CCCCCC/C=C\C=C/CCCCCCCC(=O)OC[C@H](COP(=O)(O)OC[C@@H](O)COP(=O)(O)OC[C@@H](COC(=O)CCCCCCCCCCCCC)OC(=O)CCCCCCCCCCCCCCCCC)OC(=O)CCCCCCCCCCCCCCCCCCC(C)C. The number of phosphoric acid groups is 2. The first-order valence-electron chi connectivity index (χ1n) is 41.5. The van der Waals surface area contributed by atoms with Gasteiger partial charge in [-0.3, -0.25) is 37.3 Å². The summed E-state index contributed by atoms with van der Waals surface area (Å²) in [5.41, 5.74) is 0. The van der Waals surface area contributed by atoms with Gasteiger partial charge in [0.05, 0.1) is 26.4 Å². The molecular weight excluding hydrogens is 1310 g/mol. The number of aliphatic hydroxyl groups excluding tert-OH is 1. The van der Waals surface area contributed by atoms with E-state index < -0.39 is 97.5 Å². The monoisotopic (exact) mass is 1460 g/mol. The van der Waals surface area contributed by atoms with Crippen LogP contribution in [0.15, 0.2) is 24.3 Å². The van der Waals surface area contributed by atoms with Gasteiger partial charge in [0.1, 0.15) is 19.3 Å². The van der Waals surface area contributed by atoms with E-state index in [0.717, 1.165) is 115 Å². The molecule has 0 aliphatic rings. The molecule has 0 aromatic carbocycles. The molecule has 0 aliphatic carbocycles. The Morgan fingerprint density at radius 1 is 0.310 bits per heavy atom. The van der Waals surface area contributed by atoms with Crippen LogP contribution in [0.3, 0.4) is 0 Å². The summed E-state index contributed by atoms with van der Waals surface area (Å²) in [6.45, 7) is 7.29. The predicted molar refractivity (Wildman–Crippen MR) is 409 cm³/mol. The second-order valence-corrected chi connectivity index (χ2v) is 31.9. The minimum Gasteiger partial charge on any atom is -0.462 e. The molecule has 2 unspecified atom stereocenters. The number of esters is 4. The van der Waals surface area contributed by atoms with Gasteiger partial charge in [-0.15, -0.1) is 0 Å². The number of hydrogen-bond donors (Lipinski definition) is 3. The van der Waals surface area contributed by atoms with E-state index in [-0.39, 0.29) is 25.7 Å². The minimum absolute atomic E-state index is 0.101. The van der Waals surface area contributed by atoms with Crippen LogP contribution in [0.1, 0.15) is 407 Å². The van der Waals surface area contributed by atoms with E-state index >= 15 is 0 Å². The molecule has 0 aliphatic heterocycles. The molecule has 0 amide bonds. The van der Waals surface area contributed by atoms with Gasteiger partial charge in [0.15, 0.2) is 12.2 Å². The van der Waals surface area contributed by atoms with Crippen LogP contribution in [0.2, 0.25) is 0 Å². The van der Waals surface area contributed by atoms with Gasteiger partial charge in [-0.2, -0.15) is 0 Å². The normalized spacial score (nSPS) is 14.0. The van der Waals surface area contributed by atoms with Crippen molar-refractivity contribution in [1.82, 2.24) is 0 Å². The molecule has 590 valence electrons. The van der Waals surface area contributed by atoms with E-state index in [4.69, 9.17) is 37.0 Å². The van der Waals surface area contributed by atoms with E-state index in [1.807, 2.05) is 0 Å². The lowest BCUT2D eigenvalue weighted by Crippen LogP contribution is -2.30. The largest absolute Gasteiger partial charge is 0.472 e. The van der Waals surface area contributed by atoms with Crippen molar-refractivity contribution in [3.63, 3.8) is 0 Å². The van der Waals surface area contributed by atoms with Gasteiger partial charge < -0.3 is 33.8 Å². The molecule has 17 nitrogen and oxygen atoms in total. The molecule has 0 saturated carbocycles. The Balaban J connectivity index is 5.28. The smallest absolute Gasteiger partial charge is 0.462 e. The zero-order valence-corrected chi connectivity index (χ0v) is 66.6. The summed E-state index contributed by atoms with van der Waals surface area (Å²) in [6, 6.07) is 0. The lowest BCUT2D eigenvalue weighted by atomic mass is 10.0. The van der Waals surface area contributed by atoms with Crippen molar-refractivity contribution >= 4 is 39.5 Å². The molecule has 0 aromatic rings. The van der Waals surface area contributed by atoms with Crippen molar-refractivity contribution in [2.75, 3.05) is 39.6 Å². The third-order valence-electron chi connectivity index (χ3n) is 18.4. The highest BCUT2D eigenvalue weighted by molar-refractivity contribution is 7.47. The van der Waals surface area contributed by atoms with Crippen molar-refractivity contribution in [1.29, 1.82) is 0 Å². The highest BCUT2D eigenvalue weighted by Crippen LogP contribution is 2.45. The fourth-order valence-electron chi connectivity index (χ4n) is 12.0. The van der Waals surface area contributed by atoms with Gasteiger partial charge >= 0.3 is 39.5 Å². The molecule has 0 heterocycles. The molecule has 3 N–H and O–H groups in total. The van der Waals surface area contributed by atoms with Gasteiger partial charge in [-0.05, 0) is 57.3 Å². The molecule has 100 heavy (non-hydrogen) atoms. The number of phosphoric ester groups is 2. The number of ether oxygens (including phenoxy) is 4. The van der Waals surface area contributed by atoms with Gasteiger partial charge in [0.25, 0.3) is 0 Å². The average Bonchev–Trinajstić information content (AvgIpc) is 0.943. The molecule has 0 aromatic heterocycles. The first kappa shape index (κ1) is 97.5. The third kappa shape index (κ3) is 73.8. The molecule has 0 radical (unpaired) electrons. The number of unbranched alkanes of at least 4 members (excludes halogenated alkanes) is 48. The van der Waals surface area contributed by atoms with Gasteiger partial charge in [-0.25, -0.2) is 9.13 Å². The Morgan fingerprint density at radius 3 is 0.820 bits per heavy atom. The van der Waals surface area contributed by atoms with Crippen LogP contribution in [-0.4, -0.2) is 96.7 Å². The maximum Gasteiger partial charge on any atom is 0.472 e. The number of carbonyl (C=O) groups is 4. The molecule has 0 fully saturated rings. The number of rotatable bonds is 79. The van der Waals surface area contributed by atoms with Crippen molar-refractivity contribution in [2.45, 2.75) is 425 Å². The topological polar surface area (TPSA) is 237 Å². The van der Waals surface area contributed by atoms with Crippen LogP contribution in [-0.2, 0) is 65.4 Å². The standard InChI is InChI=1S/C81H154O17P2/c1-6-9-12-15-18-21-24-26-30-35-40-45-50-55-60-65-79(84)92-71-77(98-81(86)67-62-57-52-47-42-37-33-29-28-32-34-39-43-48-53-58-63-74(4)5)73-96-100(89,90)94-69-75(82)68-93-99(87,88)95-72-76(70-91-78(83)64-59-54-49-44-38-23-20-17-14-11-8-3)97-80(85)66-61-56-51-46-41-36-31-27-25-22-19-16-13-10-7-2/h21,24,26,30,74-77,82H,6-20,22-23,25,27-29,31-73H2,1-5H3,(H,87,88)(H,89,90)/b24-21-,30-26-/t75-,76+,77+/m0/s1. The average molecular weight is 1460 g/mol. The summed E-state index contributed by atoms with van der Waals surface area (Å²) in [5, 5.41) is 10.6. The van der Waals surface area contributed by atoms with Crippen LogP contribution in [0.4, 0.5) is 0 Å². The van der Waals surface area contributed by atoms with Crippen LogP contribution in [0, 0.1) is 5.92 Å². The molecule has 5 atom stereocenters. The first-order valence-corrected chi connectivity index (χ1v) is 44.4. The van der Waals surface area contributed by atoms with Gasteiger partial charge in [0, 0.05) is 25.7 Å². The van der Waals surface area contributed by atoms with E-state index in [1.165, 1.54) is 212 Å². The summed E-state index contributed by atoms with van der Waals surface area (Å²) in [4.78, 5) is 73.0. The Kier molecular flexibility index (Phi) is 71.6. The molecule has 0 bridgehead atoms. The molecule has 0 rings (SSSR count). The van der Waals surface area contributed by atoms with Crippen LogP contribution in [0.5, 0.6) is 0 Å². The zero-order chi connectivity index (χ0) is 73.4. The molecule has 0 spiro atoms. The van der Waals surface area contributed by atoms with Crippen LogP contribution in [0.25, 0.3) is 0 Å². The maximum atomic E-state index is 13.1.